The van der Waals surface area contributed by atoms with E-state index in [1.165, 1.54) is 12.1 Å². The van der Waals surface area contributed by atoms with Crippen LogP contribution in [0.2, 0.25) is 0 Å². The van der Waals surface area contributed by atoms with Gasteiger partial charge in [0.15, 0.2) is 0 Å². The van der Waals surface area contributed by atoms with Gasteiger partial charge in [0.2, 0.25) is 0 Å². The van der Waals surface area contributed by atoms with E-state index < -0.39 is 28.9 Å². The molecule has 1 N–H and O–H groups in total. The Kier molecular flexibility index (Phi) is 4.37. The van der Waals surface area contributed by atoms with Crippen molar-refractivity contribution in [2.24, 2.45) is 5.41 Å². The molecule has 126 valence electrons. The summed E-state index contributed by atoms with van der Waals surface area (Å²) in [6.45, 7) is 2.97. The monoisotopic (exact) mass is 331 g/mol. The van der Waals surface area contributed by atoms with Crippen LogP contribution >= 0.6 is 0 Å². The number of carbonyl (C=O) groups is 1. The van der Waals surface area contributed by atoms with Gasteiger partial charge in [-0.05, 0) is 24.1 Å². The number of nitrogens with zero attached hydrogens (tertiary/aromatic N) is 1. The maximum atomic E-state index is 14.2. The summed E-state index contributed by atoms with van der Waals surface area (Å²) in [5, 5.41) is 9.71. The Morgan fingerprint density at radius 2 is 1.96 bits per heavy atom. The Morgan fingerprint density at radius 3 is 2.58 bits per heavy atom. The number of rotatable bonds is 4. The summed E-state index contributed by atoms with van der Waals surface area (Å²) in [6, 6.07) is 13.1. The van der Waals surface area contributed by atoms with Crippen molar-refractivity contribution in [1.29, 1.82) is 0 Å². The van der Waals surface area contributed by atoms with Crippen molar-refractivity contribution in [2.75, 3.05) is 13.1 Å². The first-order valence-corrected chi connectivity index (χ1v) is 7.85. The van der Waals surface area contributed by atoms with Gasteiger partial charge in [-0.3, -0.25) is 9.69 Å². The first-order chi connectivity index (χ1) is 11.4. The van der Waals surface area contributed by atoms with Crippen LogP contribution in [0.3, 0.4) is 0 Å². The SMILES string of the molecule is CC1(C(=O)O)CN(Cc2ccccc2)CC1c1ccc(F)cc1F. The number of hydrogen-bond acceptors (Lipinski definition) is 2. The average Bonchev–Trinajstić information content (AvgIpc) is 2.86. The van der Waals surface area contributed by atoms with Gasteiger partial charge in [0.25, 0.3) is 0 Å². The summed E-state index contributed by atoms with van der Waals surface area (Å²) in [5.74, 6) is -2.84. The molecule has 2 unspecified atom stereocenters. The average molecular weight is 331 g/mol. The quantitative estimate of drug-likeness (QED) is 0.929. The molecule has 1 aliphatic heterocycles. The van der Waals surface area contributed by atoms with Crippen LogP contribution in [-0.4, -0.2) is 29.1 Å². The number of hydrogen-bond donors (Lipinski definition) is 1. The highest BCUT2D eigenvalue weighted by molar-refractivity contribution is 5.76. The molecule has 1 saturated heterocycles. The molecule has 2 aromatic rings. The second-order valence-electron chi connectivity index (χ2n) is 6.60. The van der Waals surface area contributed by atoms with Gasteiger partial charge >= 0.3 is 5.97 Å². The van der Waals surface area contributed by atoms with Crippen LogP contribution in [-0.2, 0) is 11.3 Å². The van der Waals surface area contributed by atoms with Crippen LogP contribution in [0.1, 0.15) is 24.0 Å². The van der Waals surface area contributed by atoms with Gasteiger partial charge < -0.3 is 5.11 Å². The van der Waals surface area contributed by atoms with Crippen LogP contribution in [0.4, 0.5) is 8.78 Å². The fraction of sp³-hybridized carbons (Fsp3) is 0.316. The van der Waals surface area contributed by atoms with Crippen LogP contribution in [0.15, 0.2) is 48.5 Å². The predicted octanol–water partition coefficient (Wildman–Crippen LogP) is 3.66. The Morgan fingerprint density at radius 1 is 1.25 bits per heavy atom. The van der Waals surface area contributed by atoms with Crippen LogP contribution in [0.25, 0.3) is 0 Å². The maximum Gasteiger partial charge on any atom is 0.311 e. The Bertz CT molecular complexity index is 750. The topological polar surface area (TPSA) is 40.5 Å². The number of benzene rings is 2. The molecular weight excluding hydrogens is 312 g/mol. The number of halogens is 2. The van der Waals surface area contributed by atoms with Crippen molar-refractivity contribution in [2.45, 2.75) is 19.4 Å². The Hall–Kier alpha value is -2.27. The fourth-order valence-corrected chi connectivity index (χ4v) is 3.50. The van der Waals surface area contributed by atoms with E-state index in [2.05, 4.69) is 0 Å². The lowest BCUT2D eigenvalue weighted by molar-refractivity contribution is -0.148. The lowest BCUT2D eigenvalue weighted by Gasteiger charge is -2.26. The molecule has 0 aromatic heterocycles. The summed E-state index contributed by atoms with van der Waals surface area (Å²) < 4.78 is 27.4. The van der Waals surface area contributed by atoms with E-state index in [1.54, 1.807) is 6.92 Å². The van der Waals surface area contributed by atoms with E-state index in [9.17, 15) is 18.7 Å². The van der Waals surface area contributed by atoms with Gasteiger partial charge in [-0.15, -0.1) is 0 Å². The zero-order valence-electron chi connectivity index (χ0n) is 13.4. The molecule has 0 amide bonds. The summed E-state index contributed by atoms with van der Waals surface area (Å²) in [4.78, 5) is 13.9. The summed E-state index contributed by atoms with van der Waals surface area (Å²) in [6.07, 6.45) is 0. The molecule has 0 aliphatic carbocycles. The summed E-state index contributed by atoms with van der Waals surface area (Å²) in [7, 11) is 0. The first kappa shape index (κ1) is 16.6. The van der Waals surface area contributed by atoms with Crippen molar-refractivity contribution < 1.29 is 18.7 Å². The molecule has 5 heteroatoms. The first-order valence-electron chi connectivity index (χ1n) is 7.85. The molecule has 2 aromatic carbocycles. The van der Waals surface area contributed by atoms with Crippen LogP contribution < -0.4 is 0 Å². The molecule has 3 nitrogen and oxygen atoms in total. The second-order valence-corrected chi connectivity index (χ2v) is 6.60. The lowest BCUT2D eigenvalue weighted by atomic mass is 9.76. The number of carboxylic acid groups (broad SMARTS) is 1. The van der Waals surface area contributed by atoms with E-state index in [-0.39, 0.29) is 5.56 Å². The second kappa shape index (κ2) is 6.32. The molecule has 2 atom stereocenters. The van der Waals surface area contributed by atoms with Gasteiger partial charge in [-0.25, -0.2) is 8.78 Å². The molecule has 1 fully saturated rings. The van der Waals surface area contributed by atoms with Gasteiger partial charge in [-0.1, -0.05) is 36.4 Å². The number of likely N-dealkylation sites (tertiary alicyclic amines) is 1. The molecule has 0 radical (unpaired) electrons. The maximum absolute atomic E-state index is 14.2. The van der Waals surface area contributed by atoms with Crippen molar-refractivity contribution in [3.05, 3.63) is 71.3 Å². The minimum absolute atomic E-state index is 0.261. The van der Waals surface area contributed by atoms with E-state index >= 15 is 0 Å². The van der Waals surface area contributed by atoms with Crippen molar-refractivity contribution in [1.82, 2.24) is 4.90 Å². The smallest absolute Gasteiger partial charge is 0.311 e. The summed E-state index contributed by atoms with van der Waals surface area (Å²) in [5.41, 5.74) is 0.218. The van der Waals surface area contributed by atoms with Gasteiger partial charge in [0, 0.05) is 31.6 Å². The summed E-state index contributed by atoms with van der Waals surface area (Å²) >= 11 is 0. The third-order valence-corrected chi connectivity index (χ3v) is 4.84. The molecule has 0 saturated carbocycles. The molecule has 1 heterocycles. The number of aliphatic carboxylic acids is 1. The normalized spacial score (nSPS) is 24.2. The molecular formula is C19H19F2NO2. The largest absolute Gasteiger partial charge is 0.481 e. The van der Waals surface area contributed by atoms with Crippen molar-refractivity contribution >= 4 is 5.97 Å². The van der Waals surface area contributed by atoms with Crippen LogP contribution in [0.5, 0.6) is 0 Å². The number of carboxylic acids is 1. The third kappa shape index (κ3) is 3.04. The van der Waals surface area contributed by atoms with Crippen molar-refractivity contribution in [3.8, 4) is 0 Å². The van der Waals surface area contributed by atoms with Gasteiger partial charge in [0.05, 0.1) is 5.41 Å². The van der Waals surface area contributed by atoms with E-state index in [1.807, 2.05) is 35.2 Å². The predicted molar refractivity (Wildman–Crippen MR) is 86.6 cm³/mol. The molecule has 0 bridgehead atoms. The van der Waals surface area contributed by atoms with E-state index in [4.69, 9.17) is 0 Å². The molecule has 0 spiro atoms. The zero-order valence-corrected chi connectivity index (χ0v) is 13.4. The Labute approximate surface area is 139 Å². The minimum Gasteiger partial charge on any atom is -0.481 e. The van der Waals surface area contributed by atoms with Crippen molar-refractivity contribution in [3.63, 3.8) is 0 Å². The molecule has 3 rings (SSSR count). The highest BCUT2D eigenvalue weighted by Gasteiger charge is 2.50. The lowest BCUT2D eigenvalue weighted by Crippen LogP contribution is -2.35. The third-order valence-electron chi connectivity index (χ3n) is 4.84. The van der Waals surface area contributed by atoms with Gasteiger partial charge in [-0.2, -0.15) is 0 Å². The zero-order chi connectivity index (χ0) is 17.3. The molecule has 24 heavy (non-hydrogen) atoms. The highest BCUT2D eigenvalue weighted by atomic mass is 19.1. The van der Waals surface area contributed by atoms with Crippen LogP contribution in [0, 0.1) is 17.0 Å². The fourth-order valence-electron chi connectivity index (χ4n) is 3.50. The minimum atomic E-state index is -1.12. The van der Waals surface area contributed by atoms with Gasteiger partial charge in [0.1, 0.15) is 11.6 Å². The Balaban J connectivity index is 1.90. The molecule has 1 aliphatic rings. The highest BCUT2D eigenvalue weighted by Crippen LogP contribution is 2.44. The standard InChI is InChI=1S/C19H19F2NO2/c1-19(18(23)24)12-22(10-13-5-3-2-4-6-13)11-16(19)15-8-7-14(20)9-17(15)21/h2-9,16H,10-12H2,1H3,(H,23,24). The van der Waals surface area contributed by atoms with E-state index in [0.29, 0.717) is 19.6 Å². The van der Waals surface area contributed by atoms with E-state index in [0.717, 1.165) is 11.6 Å².